The van der Waals surface area contributed by atoms with Crippen LogP contribution in [0.4, 0.5) is 10.1 Å². The minimum Gasteiger partial charge on any atom is -0.467 e. The van der Waals surface area contributed by atoms with Gasteiger partial charge in [-0.05, 0) is 18.6 Å². The second-order valence-electron chi connectivity index (χ2n) is 3.99. The van der Waals surface area contributed by atoms with E-state index in [4.69, 9.17) is 4.74 Å². The van der Waals surface area contributed by atoms with Crippen LogP contribution in [-0.4, -0.2) is 18.6 Å². The maximum atomic E-state index is 13.5. The number of esters is 1. The van der Waals surface area contributed by atoms with E-state index < -0.39 is 5.54 Å². The molecular weight excluding hydrogens is 209 g/mol. The first kappa shape index (κ1) is 10.9. The molecule has 0 saturated heterocycles. The molecule has 0 saturated carbocycles. The predicted octanol–water partition coefficient (Wildman–Crippen LogP) is 2.12. The molecule has 0 spiro atoms. The highest BCUT2D eigenvalue weighted by Crippen LogP contribution is 2.36. The smallest absolute Gasteiger partial charge is 0.331 e. The molecule has 0 aliphatic carbocycles. The fourth-order valence-corrected chi connectivity index (χ4v) is 2.14. The number of fused-ring (bicyclic) bond motifs is 1. The van der Waals surface area contributed by atoms with Gasteiger partial charge in [0.1, 0.15) is 11.4 Å². The Hall–Kier alpha value is -1.58. The zero-order chi connectivity index (χ0) is 11.8. The summed E-state index contributed by atoms with van der Waals surface area (Å²) in [6, 6.07) is 4.81. The lowest BCUT2D eigenvalue weighted by Gasteiger charge is -2.25. The van der Waals surface area contributed by atoms with E-state index in [1.165, 1.54) is 13.2 Å². The van der Waals surface area contributed by atoms with Crippen molar-refractivity contribution in [3.05, 3.63) is 29.6 Å². The van der Waals surface area contributed by atoms with Crippen LogP contribution in [0.3, 0.4) is 0 Å². The Labute approximate surface area is 93.6 Å². The monoisotopic (exact) mass is 223 g/mol. The molecule has 0 bridgehead atoms. The molecule has 16 heavy (non-hydrogen) atoms. The van der Waals surface area contributed by atoms with Gasteiger partial charge < -0.3 is 10.1 Å². The first-order valence-corrected chi connectivity index (χ1v) is 5.27. The normalized spacial score (nSPS) is 22.4. The molecule has 1 heterocycles. The van der Waals surface area contributed by atoms with E-state index in [0.29, 0.717) is 24.1 Å². The number of benzene rings is 1. The van der Waals surface area contributed by atoms with Crippen molar-refractivity contribution in [1.82, 2.24) is 0 Å². The number of anilines is 1. The molecule has 1 aromatic carbocycles. The van der Waals surface area contributed by atoms with Gasteiger partial charge in [-0.15, -0.1) is 0 Å². The van der Waals surface area contributed by atoms with Crippen molar-refractivity contribution in [2.45, 2.75) is 25.3 Å². The maximum absolute atomic E-state index is 13.5. The Bertz CT molecular complexity index is 433. The van der Waals surface area contributed by atoms with Gasteiger partial charge in [-0.3, -0.25) is 0 Å². The number of carbonyl (C=O) groups is 1. The summed E-state index contributed by atoms with van der Waals surface area (Å²) in [5, 5.41) is 3.07. The molecule has 2 rings (SSSR count). The van der Waals surface area contributed by atoms with Crippen molar-refractivity contribution in [3.63, 3.8) is 0 Å². The van der Waals surface area contributed by atoms with E-state index in [9.17, 15) is 9.18 Å². The summed E-state index contributed by atoms with van der Waals surface area (Å²) in [6.07, 6.45) is 0.909. The fraction of sp³-hybridized carbons (Fsp3) is 0.417. The Balaban J connectivity index is 2.39. The SMILES string of the molecule is CCC1(C(=O)OC)Cc2c(F)cccc2N1. The average molecular weight is 223 g/mol. The van der Waals surface area contributed by atoms with Gasteiger partial charge in [0, 0.05) is 17.7 Å². The second-order valence-corrected chi connectivity index (χ2v) is 3.99. The first-order chi connectivity index (χ1) is 7.63. The third-order valence-corrected chi connectivity index (χ3v) is 3.15. The third-order valence-electron chi connectivity index (χ3n) is 3.15. The van der Waals surface area contributed by atoms with E-state index in [1.54, 1.807) is 12.1 Å². The highest BCUT2D eigenvalue weighted by Gasteiger charge is 2.44. The molecule has 1 aliphatic heterocycles. The number of halogens is 1. The molecule has 4 heteroatoms. The van der Waals surface area contributed by atoms with Crippen LogP contribution in [0.25, 0.3) is 0 Å². The number of methoxy groups -OCH3 is 1. The van der Waals surface area contributed by atoms with Crippen molar-refractivity contribution < 1.29 is 13.9 Å². The predicted molar refractivity (Wildman–Crippen MR) is 58.8 cm³/mol. The molecular formula is C12H14FNO2. The molecule has 1 atom stereocenters. The van der Waals surface area contributed by atoms with Gasteiger partial charge in [-0.1, -0.05) is 13.0 Å². The van der Waals surface area contributed by atoms with E-state index in [1.807, 2.05) is 6.92 Å². The van der Waals surface area contributed by atoms with Crippen molar-refractivity contribution in [3.8, 4) is 0 Å². The number of rotatable bonds is 2. The Kier molecular flexibility index (Phi) is 2.58. The molecule has 0 amide bonds. The molecule has 1 aromatic rings. The Morgan fingerprint density at radius 1 is 1.62 bits per heavy atom. The number of hydrogen-bond acceptors (Lipinski definition) is 3. The van der Waals surface area contributed by atoms with E-state index in [2.05, 4.69) is 5.32 Å². The van der Waals surface area contributed by atoms with Crippen LogP contribution in [0.15, 0.2) is 18.2 Å². The van der Waals surface area contributed by atoms with E-state index >= 15 is 0 Å². The maximum Gasteiger partial charge on any atom is 0.331 e. The molecule has 1 N–H and O–H groups in total. The van der Waals surface area contributed by atoms with Gasteiger partial charge in [0.25, 0.3) is 0 Å². The van der Waals surface area contributed by atoms with Crippen molar-refractivity contribution >= 4 is 11.7 Å². The van der Waals surface area contributed by atoms with Gasteiger partial charge in [0.05, 0.1) is 7.11 Å². The highest BCUT2D eigenvalue weighted by atomic mass is 19.1. The molecule has 0 fully saturated rings. The van der Waals surface area contributed by atoms with Gasteiger partial charge >= 0.3 is 5.97 Å². The van der Waals surface area contributed by atoms with Crippen LogP contribution in [0.2, 0.25) is 0 Å². The zero-order valence-electron chi connectivity index (χ0n) is 9.34. The first-order valence-electron chi connectivity index (χ1n) is 5.27. The summed E-state index contributed by atoms with van der Waals surface area (Å²) in [7, 11) is 1.35. The van der Waals surface area contributed by atoms with Crippen molar-refractivity contribution in [2.75, 3.05) is 12.4 Å². The van der Waals surface area contributed by atoms with Crippen LogP contribution < -0.4 is 5.32 Å². The largest absolute Gasteiger partial charge is 0.467 e. The van der Waals surface area contributed by atoms with Gasteiger partial charge in [-0.25, -0.2) is 9.18 Å². The lowest BCUT2D eigenvalue weighted by atomic mass is 9.92. The standard InChI is InChI=1S/C12H14FNO2/c1-3-12(11(15)16-2)7-8-9(13)5-4-6-10(8)14-12/h4-6,14H,3,7H2,1-2H3. The summed E-state index contributed by atoms with van der Waals surface area (Å²) in [4.78, 5) is 11.7. The van der Waals surface area contributed by atoms with E-state index in [-0.39, 0.29) is 11.8 Å². The highest BCUT2D eigenvalue weighted by molar-refractivity contribution is 5.88. The molecule has 3 nitrogen and oxygen atoms in total. The molecule has 0 aromatic heterocycles. The van der Waals surface area contributed by atoms with Crippen molar-refractivity contribution in [1.29, 1.82) is 0 Å². The van der Waals surface area contributed by atoms with Gasteiger partial charge in [0.2, 0.25) is 0 Å². The van der Waals surface area contributed by atoms with Crippen molar-refractivity contribution in [2.24, 2.45) is 0 Å². The molecule has 1 unspecified atom stereocenters. The van der Waals surface area contributed by atoms with Crippen LogP contribution in [0, 0.1) is 5.82 Å². The topological polar surface area (TPSA) is 38.3 Å². The third kappa shape index (κ3) is 1.45. The Morgan fingerprint density at radius 3 is 2.94 bits per heavy atom. The van der Waals surface area contributed by atoms with Gasteiger partial charge in [0.15, 0.2) is 0 Å². The number of hydrogen-bond donors (Lipinski definition) is 1. The lowest BCUT2D eigenvalue weighted by Crippen LogP contribution is -2.45. The lowest BCUT2D eigenvalue weighted by molar-refractivity contribution is -0.145. The average Bonchev–Trinajstić information content (AvgIpc) is 2.69. The van der Waals surface area contributed by atoms with Crippen LogP contribution >= 0.6 is 0 Å². The van der Waals surface area contributed by atoms with Crippen LogP contribution in [0.1, 0.15) is 18.9 Å². The Morgan fingerprint density at radius 2 is 2.38 bits per heavy atom. The summed E-state index contributed by atoms with van der Waals surface area (Å²) in [5.74, 6) is -0.616. The fourth-order valence-electron chi connectivity index (χ4n) is 2.14. The molecule has 86 valence electrons. The number of ether oxygens (including phenoxy) is 1. The van der Waals surface area contributed by atoms with E-state index in [0.717, 1.165) is 0 Å². The molecule has 1 aliphatic rings. The summed E-state index contributed by atoms with van der Waals surface area (Å²) < 4.78 is 18.3. The second kappa shape index (κ2) is 3.77. The minimum atomic E-state index is -0.806. The number of carbonyl (C=O) groups excluding carboxylic acids is 1. The summed E-state index contributed by atoms with van der Waals surface area (Å²) >= 11 is 0. The summed E-state index contributed by atoms with van der Waals surface area (Å²) in [6.45, 7) is 1.88. The van der Waals surface area contributed by atoms with Gasteiger partial charge in [-0.2, -0.15) is 0 Å². The minimum absolute atomic E-state index is 0.274. The van der Waals surface area contributed by atoms with Crippen LogP contribution in [-0.2, 0) is 16.0 Å². The zero-order valence-corrected chi connectivity index (χ0v) is 9.34. The number of nitrogens with one attached hydrogen (secondary N) is 1. The quantitative estimate of drug-likeness (QED) is 0.780. The molecule has 0 radical (unpaired) electrons. The van der Waals surface area contributed by atoms with Crippen LogP contribution in [0.5, 0.6) is 0 Å². The summed E-state index contributed by atoms with van der Waals surface area (Å²) in [5.41, 5.74) is 0.446.